The zero-order chi connectivity index (χ0) is 20.1. The van der Waals surface area contributed by atoms with Crippen LogP contribution in [0.2, 0.25) is 0 Å². The Labute approximate surface area is 174 Å². The van der Waals surface area contributed by atoms with E-state index in [9.17, 15) is 10.1 Å². The van der Waals surface area contributed by atoms with Crippen LogP contribution < -0.4 is 11.1 Å². The summed E-state index contributed by atoms with van der Waals surface area (Å²) in [6.07, 6.45) is 6.99. The van der Waals surface area contributed by atoms with Crippen molar-refractivity contribution in [2.75, 3.05) is 0 Å². The van der Waals surface area contributed by atoms with Crippen LogP contribution in [0.4, 0.5) is 0 Å². The van der Waals surface area contributed by atoms with Crippen molar-refractivity contribution >= 4 is 27.7 Å². The lowest BCUT2D eigenvalue weighted by Gasteiger charge is -2.58. The summed E-state index contributed by atoms with van der Waals surface area (Å²) in [5, 5.41) is 12.3. The van der Waals surface area contributed by atoms with E-state index in [0.717, 1.165) is 42.1 Å². The Balaban J connectivity index is 1.67. The van der Waals surface area contributed by atoms with Crippen LogP contribution in [-0.2, 0) is 10.2 Å². The Morgan fingerprint density at radius 3 is 2.39 bits per heavy atom. The summed E-state index contributed by atoms with van der Waals surface area (Å²) in [5.41, 5.74) is 6.19. The monoisotopic (exact) mass is 442 g/mol. The number of primary amides is 1. The predicted octanol–water partition coefficient (Wildman–Crippen LogP) is 3.88. The molecule has 2 atom stereocenters. The molecule has 5 nitrogen and oxygen atoms in total. The minimum atomic E-state index is -0.410. The summed E-state index contributed by atoms with van der Waals surface area (Å²) in [4.78, 5) is 17.3. The molecule has 1 aromatic carbocycles. The van der Waals surface area contributed by atoms with Crippen LogP contribution in [0.3, 0.4) is 0 Å². The van der Waals surface area contributed by atoms with Gasteiger partial charge in [0, 0.05) is 15.3 Å². The fourth-order valence-electron chi connectivity index (χ4n) is 6.07. The fourth-order valence-corrected chi connectivity index (χ4v) is 6.33. The third kappa shape index (κ3) is 3.14. The molecule has 4 saturated carbocycles. The van der Waals surface area contributed by atoms with Crippen molar-refractivity contribution in [2.45, 2.75) is 57.4 Å². The van der Waals surface area contributed by atoms with E-state index in [1.54, 1.807) is 0 Å². The summed E-state index contributed by atoms with van der Waals surface area (Å²) < 4.78 is 1.02. The van der Waals surface area contributed by atoms with Crippen LogP contribution in [0.15, 0.2) is 33.7 Å². The second-order valence-corrected chi connectivity index (χ2v) is 10.4. The van der Waals surface area contributed by atoms with Gasteiger partial charge in [0.1, 0.15) is 5.84 Å². The molecular formula is C22H27BrN4O. The largest absolute Gasteiger partial charge is 0.369 e. The van der Waals surface area contributed by atoms with Gasteiger partial charge in [-0.25, -0.2) is 0 Å². The quantitative estimate of drug-likeness (QED) is 0.320. The van der Waals surface area contributed by atoms with Gasteiger partial charge in [-0.15, -0.1) is 0 Å². The molecule has 0 aromatic heterocycles. The first-order valence-corrected chi connectivity index (χ1v) is 10.8. The van der Waals surface area contributed by atoms with Crippen LogP contribution in [0, 0.1) is 34.6 Å². The lowest BCUT2D eigenvalue weighted by atomic mass is 9.47. The zero-order valence-electron chi connectivity index (χ0n) is 16.4. The Kier molecular flexibility index (Phi) is 4.78. The molecule has 1 aromatic rings. The van der Waals surface area contributed by atoms with Gasteiger partial charge in [-0.05, 0) is 81.4 Å². The van der Waals surface area contributed by atoms with Crippen molar-refractivity contribution < 1.29 is 4.79 Å². The maximum atomic E-state index is 12.2. The van der Waals surface area contributed by atoms with Crippen LogP contribution in [0.25, 0.3) is 0 Å². The molecule has 3 N–H and O–H groups in total. The van der Waals surface area contributed by atoms with Gasteiger partial charge < -0.3 is 5.73 Å². The summed E-state index contributed by atoms with van der Waals surface area (Å²) in [6.45, 7) is 4.20. The number of amidine groups is 1. The number of benzene rings is 1. The summed E-state index contributed by atoms with van der Waals surface area (Å²) in [7, 11) is 0. The van der Waals surface area contributed by atoms with E-state index < -0.39 is 5.41 Å². The highest BCUT2D eigenvalue weighted by atomic mass is 79.9. The van der Waals surface area contributed by atoms with E-state index in [-0.39, 0.29) is 17.4 Å². The normalized spacial score (nSPS) is 34.1. The Hall–Kier alpha value is -1.87. The predicted molar refractivity (Wildman–Crippen MR) is 112 cm³/mol. The highest BCUT2D eigenvalue weighted by molar-refractivity contribution is 9.10. The second-order valence-electron chi connectivity index (χ2n) is 9.45. The van der Waals surface area contributed by atoms with Gasteiger partial charge in [0.15, 0.2) is 6.19 Å². The first kappa shape index (κ1) is 19.4. The smallest absolute Gasteiger partial charge is 0.223 e. The number of rotatable bonds is 4. The number of halogens is 1. The van der Waals surface area contributed by atoms with Gasteiger partial charge in [-0.1, -0.05) is 28.1 Å². The molecule has 2 unspecified atom stereocenters. The second kappa shape index (κ2) is 6.88. The first-order chi connectivity index (χ1) is 13.2. The number of nitrogens with one attached hydrogen (secondary N) is 1. The van der Waals surface area contributed by atoms with Gasteiger partial charge in [0.05, 0.1) is 6.04 Å². The van der Waals surface area contributed by atoms with Crippen LogP contribution in [0.1, 0.15) is 51.5 Å². The van der Waals surface area contributed by atoms with Gasteiger partial charge in [0.2, 0.25) is 5.91 Å². The molecular weight excluding hydrogens is 416 g/mol. The van der Waals surface area contributed by atoms with Gasteiger partial charge in [-0.2, -0.15) is 5.26 Å². The third-order valence-corrected chi connectivity index (χ3v) is 7.89. The number of hydrogen-bond donors (Lipinski definition) is 2. The highest BCUT2D eigenvalue weighted by Gasteiger charge is 2.58. The number of carbonyl (C=O) groups excluding carboxylic acids is 1. The SMILES string of the molecule is CC(C)(C(=NC1C2CC3CC1CC(C(N)=O)(C3)C2)NC#N)c1ccc(Br)cc1. The Morgan fingerprint density at radius 2 is 1.86 bits per heavy atom. The molecule has 4 bridgehead atoms. The van der Waals surface area contributed by atoms with Crippen molar-refractivity contribution in [3.05, 3.63) is 34.3 Å². The van der Waals surface area contributed by atoms with Crippen molar-refractivity contribution in [1.82, 2.24) is 5.32 Å². The number of carbonyl (C=O) groups is 1. The lowest BCUT2D eigenvalue weighted by molar-refractivity contribution is -0.144. The summed E-state index contributed by atoms with van der Waals surface area (Å²) in [6, 6.07) is 8.32. The molecule has 6 heteroatoms. The molecule has 0 aliphatic heterocycles. The van der Waals surface area contributed by atoms with E-state index in [1.807, 2.05) is 12.1 Å². The lowest BCUT2D eigenvalue weighted by Crippen LogP contribution is -2.57. The average molecular weight is 443 g/mol. The molecule has 0 radical (unpaired) electrons. The highest BCUT2D eigenvalue weighted by Crippen LogP contribution is 2.60. The van der Waals surface area contributed by atoms with Crippen molar-refractivity contribution in [3.63, 3.8) is 0 Å². The number of amides is 1. The molecule has 148 valence electrons. The Morgan fingerprint density at radius 1 is 1.25 bits per heavy atom. The minimum absolute atomic E-state index is 0.125. The fraction of sp³-hybridized carbons (Fsp3) is 0.591. The van der Waals surface area contributed by atoms with Gasteiger partial charge >= 0.3 is 0 Å². The summed E-state index contributed by atoms with van der Waals surface area (Å²) in [5.74, 6) is 1.95. The molecule has 0 heterocycles. The van der Waals surface area contributed by atoms with Gasteiger partial charge in [0.25, 0.3) is 0 Å². The molecule has 0 saturated heterocycles. The average Bonchev–Trinajstić information content (AvgIpc) is 2.63. The third-order valence-electron chi connectivity index (χ3n) is 7.36. The first-order valence-electron chi connectivity index (χ1n) is 10.0. The number of aliphatic imine (C=N–C) groups is 1. The molecule has 5 rings (SSSR count). The molecule has 4 fully saturated rings. The van der Waals surface area contributed by atoms with E-state index >= 15 is 0 Å². The number of nitrogens with zero attached hydrogens (tertiary/aromatic N) is 2. The van der Waals surface area contributed by atoms with E-state index in [0.29, 0.717) is 23.6 Å². The Bertz CT molecular complexity index is 838. The van der Waals surface area contributed by atoms with Crippen molar-refractivity contribution in [3.8, 4) is 6.19 Å². The molecule has 4 aliphatic rings. The number of nitriles is 1. The van der Waals surface area contributed by atoms with Crippen LogP contribution >= 0.6 is 15.9 Å². The number of nitrogens with two attached hydrogens (primary N) is 1. The molecule has 0 spiro atoms. The van der Waals surface area contributed by atoms with E-state index in [4.69, 9.17) is 10.7 Å². The van der Waals surface area contributed by atoms with Gasteiger partial charge in [-0.3, -0.25) is 15.1 Å². The maximum Gasteiger partial charge on any atom is 0.223 e. The summed E-state index contributed by atoms with van der Waals surface area (Å²) >= 11 is 3.48. The maximum absolute atomic E-state index is 12.2. The topological polar surface area (TPSA) is 91.3 Å². The van der Waals surface area contributed by atoms with Crippen molar-refractivity contribution in [2.24, 2.45) is 33.9 Å². The van der Waals surface area contributed by atoms with E-state index in [1.165, 1.54) is 0 Å². The molecule has 1 amide bonds. The van der Waals surface area contributed by atoms with Crippen LogP contribution in [-0.4, -0.2) is 17.8 Å². The minimum Gasteiger partial charge on any atom is -0.369 e. The van der Waals surface area contributed by atoms with Crippen LogP contribution in [0.5, 0.6) is 0 Å². The molecule has 28 heavy (non-hydrogen) atoms. The number of hydrogen-bond acceptors (Lipinski definition) is 3. The standard InChI is InChI=1S/C22H27BrN4O/c1-21(2,16-3-5-17(23)6-4-16)20(26-12-24)27-18-14-7-13-8-15(18)11-22(9-13,10-14)19(25)28/h3-6,13-15,18H,7-11H2,1-2H3,(H2,25,28)(H,26,27). The van der Waals surface area contributed by atoms with E-state index in [2.05, 4.69) is 53.4 Å². The molecule has 4 aliphatic carbocycles. The zero-order valence-corrected chi connectivity index (χ0v) is 18.0. The van der Waals surface area contributed by atoms with Crippen molar-refractivity contribution in [1.29, 1.82) is 5.26 Å².